The third-order valence-corrected chi connectivity index (χ3v) is 3.47. The molecule has 2 atom stereocenters. The van der Waals surface area contributed by atoms with E-state index in [-0.39, 0.29) is 0 Å². The molecule has 0 aliphatic heterocycles. The van der Waals surface area contributed by atoms with Crippen molar-refractivity contribution in [1.82, 2.24) is 0 Å². The summed E-state index contributed by atoms with van der Waals surface area (Å²) in [5.41, 5.74) is 1.63. The van der Waals surface area contributed by atoms with Gasteiger partial charge in [-0.25, -0.2) is 0 Å². The van der Waals surface area contributed by atoms with Crippen LogP contribution in [0.2, 0.25) is 0 Å². The van der Waals surface area contributed by atoms with Crippen molar-refractivity contribution in [2.75, 3.05) is 0 Å². The predicted octanol–water partition coefficient (Wildman–Crippen LogP) is 4.56. The van der Waals surface area contributed by atoms with Crippen molar-refractivity contribution in [1.29, 1.82) is 0 Å². The molecular formula is C13H24. The molecule has 0 fully saturated rings. The summed E-state index contributed by atoms with van der Waals surface area (Å²) >= 11 is 0. The summed E-state index contributed by atoms with van der Waals surface area (Å²) in [5, 5.41) is 0. The molecule has 0 radical (unpaired) electrons. The van der Waals surface area contributed by atoms with Crippen molar-refractivity contribution < 1.29 is 0 Å². The number of hydrogen-bond acceptors (Lipinski definition) is 0. The molecule has 0 aromatic heterocycles. The lowest BCUT2D eigenvalue weighted by molar-refractivity contribution is 0.282. The second-order valence-electron chi connectivity index (χ2n) is 4.56. The predicted molar refractivity (Wildman–Crippen MR) is 59.8 cm³/mol. The van der Waals surface area contributed by atoms with Crippen LogP contribution in [0.5, 0.6) is 0 Å². The van der Waals surface area contributed by atoms with Gasteiger partial charge >= 0.3 is 0 Å². The minimum atomic E-state index is 0.982. The lowest BCUT2D eigenvalue weighted by atomic mass is 9.76. The Bertz CT molecular complexity index is 167. The molecule has 76 valence electrons. The molecule has 0 N–H and O–H groups in total. The van der Waals surface area contributed by atoms with E-state index in [4.69, 9.17) is 0 Å². The van der Waals surface area contributed by atoms with Gasteiger partial charge in [0.2, 0.25) is 0 Å². The van der Waals surface area contributed by atoms with Crippen LogP contribution in [0.3, 0.4) is 0 Å². The highest BCUT2D eigenvalue weighted by molar-refractivity contribution is 5.05. The number of rotatable bonds is 4. The fourth-order valence-corrected chi connectivity index (χ4v) is 2.51. The van der Waals surface area contributed by atoms with Crippen molar-refractivity contribution in [3.05, 3.63) is 11.6 Å². The molecule has 13 heavy (non-hydrogen) atoms. The molecule has 0 saturated heterocycles. The van der Waals surface area contributed by atoms with Gasteiger partial charge in [-0.1, -0.05) is 44.8 Å². The molecule has 0 aromatic rings. The van der Waals surface area contributed by atoms with Crippen LogP contribution in [-0.4, -0.2) is 0 Å². The smallest absolute Gasteiger partial charge is 0.0292 e. The summed E-state index contributed by atoms with van der Waals surface area (Å²) in [7, 11) is 0. The highest BCUT2D eigenvalue weighted by atomic mass is 14.3. The van der Waals surface area contributed by atoms with E-state index in [1.165, 1.54) is 38.5 Å². The van der Waals surface area contributed by atoms with Crippen LogP contribution in [-0.2, 0) is 0 Å². The highest BCUT2D eigenvalue weighted by Crippen LogP contribution is 2.34. The number of hydrogen-bond donors (Lipinski definition) is 0. The molecule has 2 unspecified atom stereocenters. The quantitative estimate of drug-likeness (QED) is 0.556. The molecule has 0 heteroatoms. The molecular weight excluding hydrogens is 156 g/mol. The SMILES string of the molecule is CCCCC1CC(C)=CCC1CC. The zero-order valence-corrected chi connectivity index (χ0v) is 9.47. The Hall–Kier alpha value is -0.260. The van der Waals surface area contributed by atoms with Gasteiger partial charge in [-0.2, -0.15) is 0 Å². The zero-order chi connectivity index (χ0) is 9.68. The molecule has 0 amide bonds. The van der Waals surface area contributed by atoms with Gasteiger partial charge in [-0.15, -0.1) is 0 Å². The van der Waals surface area contributed by atoms with Gasteiger partial charge in [-0.3, -0.25) is 0 Å². The zero-order valence-electron chi connectivity index (χ0n) is 9.47. The van der Waals surface area contributed by atoms with Crippen LogP contribution in [0.1, 0.15) is 59.3 Å². The van der Waals surface area contributed by atoms with Crippen LogP contribution < -0.4 is 0 Å². The van der Waals surface area contributed by atoms with Gasteiger partial charge in [0.05, 0.1) is 0 Å². The third kappa shape index (κ3) is 3.17. The summed E-state index contributed by atoms with van der Waals surface area (Å²) in [6.07, 6.45) is 10.8. The summed E-state index contributed by atoms with van der Waals surface area (Å²) in [6, 6.07) is 0. The van der Waals surface area contributed by atoms with Gasteiger partial charge in [0.15, 0.2) is 0 Å². The molecule has 0 spiro atoms. The first kappa shape index (κ1) is 10.8. The maximum atomic E-state index is 2.45. The van der Waals surface area contributed by atoms with Crippen molar-refractivity contribution in [3.63, 3.8) is 0 Å². The Kier molecular flexibility index (Phi) is 4.55. The van der Waals surface area contributed by atoms with E-state index in [2.05, 4.69) is 26.8 Å². The molecule has 0 heterocycles. The maximum absolute atomic E-state index is 2.45. The van der Waals surface area contributed by atoms with Gasteiger partial charge in [-0.05, 0) is 38.0 Å². The Morgan fingerprint density at radius 3 is 2.69 bits per heavy atom. The van der Waals surface area contributed by atoms with Crippen LogP contribution in [0, 0.1) is 11.8 Å². The lowest BCUT2D eigenvalue weighted by Gasteiger charge is -2.29. The Labute approximate surface area is 83.4 Å². The third-order valence-electron chi connectivity index (χ3n) is 3.47. The van der Waals surface area contributed by atoms with Crippen LogP contribution in [0.25, 0.3) is 0 Å². The van der Waals surface area contributed by atoms with E-state index in [1.54, 1.807) is 5.57 Å². The first-order chi connectivity index (χ1) is 6.27. The van der Waals surface area contributed by atoms with E-state index >= 15 is 0 Å². The van der Waals surface area contributed by atoms with Crippen molar-refractivity contribution in [3.8, 4) is 0 Å². The molecule has 1 rings (SSSR count). The monoisotopic (exact) mass is 180 g/mol. The summed E-state index contributed by atoms with van der Waals surface area (Å²) in [5.74, 6) is 1.98. The topological polar surface area (TPSA) is 0 Å². The molecule has 0 bridgehead atoms. The average Bonchev–Trinajstić information content (AvgIpc) is 2.15. The Balaban J connectivity index is 2.44. The minimum absolute atomic E-state index is 0.982. The normalized spacial score (nSPS) is 28.7. The van der Waals surface area contributed by atoms with Crippen LogP contribution >= 0.6 is 0 Å². The number of unbranched alkanes of at least 4 members (excludes halogenated alkanes) is 1. The number of allylic oxidation sites excluding steroid dienone is 2. The van der Waals surface area contributed by atoms with Gasteiger partial charge < -0.3 is 0 Å². The standard InChI is InChI=1S/C13H24/c1-4-6-7-13-10-11(3)8-9-12(13)5-2/h8,12-13H,4-7,9-10H2,1-3H3. The van der Waals surface area contributed by atoms with Crippen molar-refractivity contribution in [2.45, 2.75) is 59.3 Å². The largest absolute Gasteiger partial charge is 0.0853 e. The van der Waals surface area contributed by atoms with Crippen molar-refractivity contribution >= 4 is 0 Å². The lowest BCUT2D eigenvalue weighted by Crippen LogP contribution is -2.17. The molecule has 0 aromatic carbocycles. The van der Waals surface area contributed by atoms with E-state index in [9.17, 15) is 0 Å². The van der Waals surface area contributed by atoms with Gasteiger partial charge in [0, 0.05) is 0 Å². The van der Waals surface area contributed by atoms with Gasteiger partial charge in [0.1, 0.15) is 0 Å². The maximum Gasteiger partial charge on any atom is -0.0292 e. The van der Waals surface area contributed by atoms with E-state index in [0.29, 0.717) is 0 Å². The molecule has 1 aliphatic carbocycles. The van der Waals surface area contributed by atoms with E-state index < -0.39 is 0 Å². The summed E-state index contributed by atoms with van der Waals surface area (Å²) in [6.45, 7) is 6.94. The van der Waals surface area contributed by atoms with Crippen molar-refractivity contribution in [2.24, 2.45) is 11.8 Å². The average molecular weight is 180 g/mol. The fraction of sp³-hybridized carbons (Fsp3) is 0.846. The summed E-state index contributed by atoms with van der Waals surface area (Å²) < 4.78 is 0. The van der Waals surface area contributed by atoms with E-state index in [0.717, 1.165) is 11.8 Å². The Morgan fingerprint density at radius 1 is 1.31 bits per heavy atom. The molecule has 0 saturated carbocycles. The molecule has 0 nitrogen and oxygen atoms in total. The van der Waals surface area contributed by atoms with E-state index in [1.807, 2.05) is 0 Å². The molecule has 1 aliphatic rings. The van der Waals surface area contributed by atoms with Crippen LogP contribution in [0.15, 0.2) is 11.6 Å². The first-order valence-electron chi connectivity index (χ1n) is 5.93. The minimum Gasteiger partial charge on any atom is -0.0853 e. The second-order valence-corrected chi connectivity index (χ2v) is 4.56. The fourth-order valence-electron chi connectivity index (χ4n) is 2.51. The van der Waals surface area contributed by atoms with Gasteiger partial charge in [0.25, 0.3) is 0 Å². The summed E-state index contributed by atoms with van der Waals surface area (Å²) in [4.78, 5) is 0. The first-order valence-corrected chi connectivity index (χ1v) is 5.93. The highest BCUT2D eigenvalue weighted by Gasteiger charge is 2.22. The van der Waals surface area contributed by atoms with Crippen LogP contribution in [0.4, 0.5) is 0 Å². The second kappa shape index (κ2) is 5.47. The Morgan fingerprint density at radius 2 is 2.08 bits per heavy atom.